The molecule has 0 bridgehead atoms. The van der Waals surface area contributed by atoms with Gasteiger partial charge in [0.15, 0.2) is 0 Å². The molecule has 0 aliphatic carbocycles. The summed E-state index contributed by atoms with van der Waals surface area (Å²) in [5.74, 6) is 0.843. The maximum atomic E-state index is 5.58. The molecule has 0 radical (unpaired) electrons. The van der Waals surface area contributed by atoms with E-state index in [0.717, 1.165) is 30.9 Å². The largest absolute Gasteiger partial charge is 0.494 e. The van der Waals surface area contributed by atoms with Crippen LogP contribution in [-0.4, -0.2) is 33.0 Å². The van der Waals surface area contributed by atoms with Crippen molar-refractivity contribution in [2.75, 3.05) is 38.8 Å². The van der Waals surface area contributed by atoms with Gasteiger partial charge in [0.25, 0.3) is 0 Å². The third-order valence-corrected chi connectivity index (χ3v) is 2.30. The van der Waals surface area contributed by atoms with E-state index in [4.69, 9.17) is 19.9 Å². The first-order valence-corrected chi connectivity index (χ1v) is 6.46. The van der Waals surface area contributed by atoms with Gasteiger partial charge in [0.1, 0.15) is 5.75 Å². The Bertz CT molecular complexity index is 300. The summed E-state index contributed by atoms with van der Waals surface area (Å²) in [5.41, 5.74) is 6.33. The van der Waals surface area contributed by atoms with Gasteiger partial charge in [0, 0.05) is 25.3 Å². The summed E-state index contributed by atoms with van der Waals surface area (Å²) in [4.78, 5) is 0. The van der Waals surface area contributed by atoms with Gasteiger partial charge >= 0.3 is 0 Å². The van der Waals surface area contributed by atoms with Gasteiger partial charge in [0.2, 0.25) is 0 Å². The molecule has 0 spiro atoms. The predicted octanol–water partition coefficient (Wildman–Crippen LogP) is 2.48. The number of rotatable bonds is 10. The van der Waals surface area contributed by atoms with Crippen LogP contribution < -0.4 is 10.5 Å². The summed E-state index contributed by atoms with van der Waals surface area (Å²) < 4.78 is 16.3. The minimum absolute atomic E-state index is 0.653. The lowest BCUT2D eigenvalue weighted by Gasteiger charge is -2.07. The fourth-order valence-corrected chi connectivity index (χ4v) is 1.38. The van der Waals surface area contributed by atoms with E-state index in [9.17, 15) is 0 Å². The molecule has 2 N–H and O–H groups in total. The molecule has 4 heteroatoms. The summed E-state index contributed by atoms with van der Waals surface area (Å²) in [7, 11) is 0. The lowest BCUT2D eigenvalue weighted by atomic mass is 10.3. The maximum Gasteiger partial charge on any atom is 0.119 e. The Labute approximate surface area is 109 Å². The third kappa shape index (κ3) is 7.14. The fraction of sp³-hybridized carbons (Fsp3) is 0.571. The van der Waals surface area contributed by atoms with Crippen LogP contribution in [0.1, 0.15) is 19.8 Å². The molecule has 1 rings (SSSR count). The fourth-order valence-electron chi connectivity index (χ4n) is 1.38. The monoisotopic (exact) mass is 253 g/mol. The van der Waals surface area contributed by atoms with E-state index < -0.39 is 0 Å². The molecule has 0 unspecified atom stereocenters. The van der Waals surface area contributed by atoms with Crippen molar-refractivity contribution in [2.45, 2.75) is 19.8 Å². The van der Waals surface area contributed by atoms with Crippen molar-refractivity contribution in [3.63, 3.8) is 0 Å². The van der Waals surface area contributed by atoms with Crippen molar-refractivity contribution in [1.82, 2.24) is 0 Å². The second kappa shape index (κ2) is 9.74. The highest BCUT2D eigenvalue weighted by Crippen LogP contribution is 2.12. The topological polar surface area (TPSA) is 53.7 Å². The number of benzene rings is 1. The van der Waals surface area contributed by atoms with Crippen LogP contribution in [0.25, 0.3) is 0 Å². The average molecular weight is 253 g/mol. The molecular weight excluding hydrogens is 230 g/mol. The van der Waals surface area contributed by atoms with Gasteiger partial charge < -0.3 is 19.9 Å². The van der Waals surface area contributed by atoms with Crippen molar-refractivity contribution in [3.8, 4) is 5.75 Å². The van der Waals surface area contributed by atoms with Crippen LogP contribution in [0.4, 0.5) is 5.69 Å². The van der Waals surface area contributed by atoms with Gasteiger partial charge in [-0.25, -0.2) is 0 Å². The van der Waals surface area contributed by atoms with E-state index in [2.05, 4.69) is 6.92 Å². The first-order chi connectivity index (χ1) is 8.83. The van der Waals surface area contributed by atoms with E-state index >= 15 is 0 Å². The van der Waals surface area contributed by atoms with Crippen molar-refractivity contribution >= 4 is 5.69 Å². The Morgan fingerprint density at radius 2 is 1.56 bits per heavy atom. The molecule has 102 valence electrons. The quantitative estimate of drug-likeness (QED) is 0.514. The van der Waals surface area contributed by atoms with Gasteiger partial charge in [-0.2, -0.15) is 0 Å². The van der Waals surface area contributed by atoms with E-state index in [0.29, 0.717) is 26.4 Å². The summed E-state index contributed by atoms with van der Waals surface area (Å²) in [6.07, 6.45) is 1.92. The standard InChI is InChI=1S/C14H23NO3/c1-2-8-16-11-12-17-9-3-10-18-14-6-4-13(15)5-7-14/h4-7H,2-3,8-12,15H2,1H3. The first kappa shape index (κ1) is 14.8. The van der Waals surface area contributed by atoms with Crippen molar-refractivity contribution in [2.24, 2.45) is 0 Å². The molecule has 0 atom stereocenters. The molecule has 0 aromatic heterocycles. The summed E-state index contributed by atoms with van der Waals surface area (Å²) in [5, 5.41) is 0. The summed E-state index contributed by atoms with van der Waals surface area (Å²) in [6.45, 7) is 5.58. The van der Waals surface area contributed by atoms with Crippen molar-refractivity contribution in [3.05, 3.63) is 24.3 Å². The van der Waals surface area contributed by atoms with Gasteiger partial charge in [0.05, 0.1) is 19.8 Å². The Balaban J connectivity index is 1.91. The SMILES string of the molecule is CCCOCCOCCCOc1ccc(N)cc1. The molecule has 0 saturated carbocycles. The first-order valence-electron chi connectivity index (χ1n) is 6.46. The molecule has 0 aliphatic rings. The van der Waals surface area contributed by atoms with E-state index in [1.165, 1.54) is 0 Å². The molecule has 1 aromatic carbocycles. The van der Waals surface area contributed by atoms with Gasteiger partial charge in [-0.3, -0.25) is 0 Å². The highest BCUT2D eigenvalue weighted by Gasteiger charge is 1.94. The Kier molecular flexibility index (Phi) is 8.01. The highest BCUT2D eigenvalue weighted by atomic mass is 16.5. The lowest BCUT2D eigenvalue weighted by Crippen LogP contribution is -2.08. The Morgan fingerprint density at radius 1 is 0.889 bits per heavy atom. The van der Waals surface area contributed by atoms with E-state index in [1.807, 2.05) is 24.3 Å². The lowest BCUT2D eigenvalue weighted by molar-refractivity contribution is 0.0438. The van der Waals surface area contributed by atoms with E-state index in [1.54, 1.807) is 0 Å². The average Bonchev–Trinajstić information content (AvgIpc) is 2.39. The number of ether oxygens (including phenoxy) is 3. The second-order valence-electron chi connectivity index (χ2n) is 4.00. The molecule has 0 fully saturated rings. The summed E-state index contributed by atoms with van der Waals surface area (Å²) >= 11 is 0. The van der Waals surface area contributed by atoms with Crippen LogP contribution >= 0.6 is 0 Å². The number of hydrogen-bond donors (Lipinski definition) is 1. The normalized spacial score (nSPS) is 10.5. The van der Waals surface area contributed by atoms with E-state index in [-0.39, 0.29) is 0 Å². The number of hydrogen-bond acceptors (Lipinski definition) is 4. The molecule has 0 saturated heterocycles. The smallest absolute Gasteiger partial charge is 0.119 e. The molecule has 1 aromatic rings. The number of anilines is 1. The summed E-state index contributed by atoms with van der Waals surface area (Å²) in [6, 6.07) is 7.40. The van der Waals surface area contributed by atoms with Crippen LogP contribution in [0.15, 0.2) is 24.3 Å². The molecule has 0 aliphatic heterocycles. The van der Waals surface area contributed by atoms with Gasteiger partial charge in [-0.05, 0) is 30.7 Å². The van der Waals surface area contributed by atoms with Crippen molar-refractivity contribution < 1.29 is 14.2 Å². The minimum atomic E-state index is 0.653. The zero-order valence-electron chi connectivity index (χ0n) is 11.1. The second-order valence-corrected chi connectivity index (χ2v) is 4.00. The van der Waals surface area contributed by atoms with Crippen LogP contribution in [0.5, 0.6) is 5.75 Å². The van der Waals surface area contributed by atoms with Gasteiger partial charge in [-0.1, -0.05) is 6.92 Å². The van der Waals surface area contributed by atoms with Crippen LogP contribution in [0.3, 0.4) is 0 Å². The zero-order valence-corrected chi connectivity index (χ0v) is 11.1. The predicted molar refractivity (Wildman–Crippen MR) is 72.9 cm³/mol. The highest BCUT2D eigenvalue weighted by molar-refractivity contribution is 5.41. The third-order valence-electron chi connectivity index (χ3n) is 2.30. The van der Waals surface area contributed by atoms with Crippen LogP contribution in [0, 0.1) is 0 Å². The molecule has 18 heavy (non-hydrogen) atoms. The van der Waals surface area contributed by atoms with Crippen LogP contribution in [-0.2, 0) is 9.47 Å². The zero-order chi connectivity index (χ0) is 13.1. The molecule has 4 nitrogen and oxygen atoms in total. The van der Waals surface area contributed by atoms with Gasteiger partial charge in [-0.15, -0.1) is 0 Å². The molecule has 0 heterocycles. The van der Waals surface area contributed by atoms with Crippen LogP contribution in [0.2, 0.25) is 0 Å². The number of nitrogens with two attached hydrogens (primary N) is 1. The van der Waals surface area contributed by atoms with Crippen molar-refractivity contribution in [1.29, 1.82) is 0 Å². The number of nitrogen functional groups attached to an aromatic ring is 1. The Hall–Kier alpha value is -1.26. The minimum Gasteiger partial charge on any atom is -0.494 e. The maximum absolute atomic E-state index is 5.58. The molecule has 0 amide bonds. The Morgan fingerprint density at radius 3 is 2.22 bits per heavy atom. The molecular formula is C14H23NO3.